The van der Waals surface area contributed by atoms with Gasteiger partial charge in [0.05, 0.1) is 22.6 Å². The maximum atomic E-state index is 10.6. The summed E-state index contributed by atoms with van der Waals surface area (Å²) >= 11 is 0. The molecular weight excluding hydrogens is 278 g/mol. The molecule has 104 valence electrons. The van der Waals surface area contributed by atoms with E-state index in [4.69, 9.17) is 9.68 Å². The van der Waals surface area contributed by atoms with Gasteiger partial charge < -0.3 is 4.42 Å². The molecule has 0 aliphatic heterocycles. The molecule has 1 aromatic heterocycles. The average molecular weight is 285 g/mol. The van der Waals surface area contributed by atoms with E-state index in [1.807, 2.05) is 6.07 Å². The van der Waals surface area contributed by atoms with E-state index < -0.39 is 15.7 Å². The number of hydrogen-bond donors (Lipinski definition) is 0. The monoisotopic (exact) mass is 285 g/mol. The van der Waals surface area contributed by atoms with Crippen LogP contribution in [0.3, 0.4) is 0 Å². The second kappa shape index (κ2) is 5.66. The van der Waals surface area contributed by atoms with Gasteiger partial charge in [0, 0.05) is 12.1 Å². The smallest absolute Gasteiger partial charge is 0.401 e. The molecule has 8 heteroatoms. The zero-order valence-corrected chi connectivity index (χ0v) is 10.4. The van der Waals surface area contributed by atoms with E-state index in [9.17, 15) is 20.2 Å². The van der Waals surface area contributed by atoms with Crippen molar-refractivity contribution in [2.24, 2.45) is 0 Å². The second-order valence-corrected chi connectivity index (χ2v) is 3.91. The molecule has 8 nitrogen and oxygen atoms in total. The van der Waals surface area contributed by atoms with Gasteiger partial charge in [0.2, 0.25) is 0 Å². The molecule has 0 aliphatic rings. The van der Waals surface area contributed by atoms with Gasteiger partial charge in [0.1, 0.15) is 10.7 Å². The molecule has 2 aromatic rings. The molecule has 0 saturated heterocycles. The highest BCUT2D eigenvalue weighted by atomic mass is 16.6. The quantitative estimate of drug-likeness (QED) is 0.482. The molecule has 0 atom stereocenters. The van der Waals surface area contributed by atoms with Crippen LogP contribution in [0.2, 0.25) is 0 Å². The second-order valence-electron chi connectivity index (χ2n) is 3.91. The first kappa shape index (κ1) is 14.0. The fourth-order valence-electron chi connectivity index (χ4n) is 1.60. The Bertz CT molecular complexity index is 768. The number of benzene rings is 1. The van der Waals surface area contributed by atoms with Crippen LogP contribution in [0.15, 0.2) is 40.8 Å². The lowest BCUT2D eigenvalue weighted by atomic mass is 10.1. The SMILES string of the molecule is N#CC(=Cc1ccc([N+](=O)[O-])o1)c1ccc([N+](=O)[O-])cc1. The highest BCUT2D eigenvalue weighted by molar-refractivity contribution is 5.88. The fourth-order valence-corrected chi connectivity index (χ4v) is 1.60. The summed E-state index contributed by atoms with van der Waals surface area (Å²) in [7, 11) is 0. The van der Waals surface area contributed by atoms with Gasteiger partial charge in [-0.05, 0) is 29.8 Å². The van der Waals surface area contributed by atoms with Crippen molar-refractivity contribution in [3.63, 3.8) is 0 Å². The third kappa shape index (κ3) is 3.10. The molecule has 0 amide bonds. The summed E-state index contributed by atoms with van der Waals surface area (Å²) in [4.78, 5) is 19.8. The minimum atomic E-state index is -0.685. The molecule has 0 spiro atoms. The van der Waals surface area contributed by atoms with Crippen molar-refractivity contribution in [1.29, 1.82) is 5.26 Å². The summed E-state index contributed by atoms with van der Waals surface area (Å²) in [5.74, 6) is -0.279. The lowest BCUT2D eigenvalue weighted by Gasteiger charge is -1.98. The van der Waals surface area contributed by atoms with Crippen molar-refractivity contribution in [2.45, 2.75) is 0 Å². The van der Waals surface area contributed by atoms with Gasteiger partial charge in [0.15, 0.2) is 0 Å². The molecule has 0 bridgehead atoms. The van der Waals surface area contributed by atoms with E-state index in [0.29, 0.717) is 5.56 Å². The first-order valence-corrected chi connectivity index (χ1v) is 5.62. The molecule has 0 fully saturated rings. The molecule has 1 aromatic carbocycles. The van der Waals surface area contributed by atoms with Crippen LogP contribution in [0.5, 0.6) is 0 Å². The topological polar surface area (TPSA) is 123 Å². The standard InChI is InChI=1S/C13H7N3O5/c14-8-10(7-12-5-6-13(21-12)16(19)20)9-1-3-11(4-2-9)15(17)18/h1-7H. The van der Waals surface area contributed by atoms with Gasteiger partial charge in [-0.25, -0.2) is 0 Å². The zero-order chi connectivity index (χ0) is 15.4. The molecule has 2 rings (SSSR count). The molecule has 21 heavy (non-hydrogen) atoms. The Labute approximate surface area is 117 Å². The number of nitrogens with zero attached hydrogens (tertiary/aromatic N) is 3. The first-order valence-electron chi connectivity index (χ1n) is 5.62. The molecule has 0 saturated carbocycles. The van der Waals surface area contributed by atoms with E-state index >= 15 is 0 Å². The minimum absolute atomic E-state index is 0.0929. The number of allylic oxidation sites excluding steroid dienone is 1. The molecular formula is C13H7N3O5. The number of furan rings is 1. The maximum absolute atomic E-state index is 10.6. The maximum Gasteiger partial charge on any atom is 0.433 e. The number of hydrogen-bond acceptors (Lipinski definition) is 6. The van der Waals surface area contributed by atoms with Crippen molar-refractivity contribution < 1.29 is 14.3 Å². The van der Waals surface area contributed by atoms with Gasteiger partial charge in [-0.15, -0.1) is 0 Å². The molecule has 0 aliphatic carbocycles. The highest BCUT2D eigenvalue weighted by Gasteiger charge is 2.12. The molecule has 0 N–H and O–H groups in total. The lowest BCUT2D eigenvalue weighted by molar-refractivity contribution is -0.402. The van der Waals surface area contributed by atoms with Crippen molar-refractivity contribution >= 4 is 23.2 Å². The van der Waals surface area contributed by atoms with Crippen molar-refractivity contribution in [2.75, 3.05) is 0 Å². The van der Waals surface area contributed by atoms with Crippen LogP contribution in [0.25, 0.3) is 11.6 Å². The van der Waals surface area contributed by atoms with Gasteiger partial charge in [-0.2, -0.15) is 5.26 Å². The van der Waals surface area contributed by atoms with Crippen LogP contribution in [0.1, 0.15) is 11.3 Å². The third-order valence-electron chi connectivity index (χ3n) is 2.59. The lowest BCUT2D eigenvalue weighted by Crippen LogP contribution is -1.88. The first-order chi connectivity index (χ1) is 10.0. The molecule has 0 unspecified atom stereocenters. The van der Waals surface area contributed by atoms with E-state index in [-0.39, 0.29) is 17.0 Å². The Morgan fingerprint density at radius 1 is 1.10 bits per heavy atom. The Morgan fingerprint density at radius 2 is 1.76 bits per heavy atom. The van der Waals surface area contributed by atoms with Gasteiger partial charge in [-0.1, -0.05) is 0 Å². The molecule has 0 radical (unpaired) electrons. The summed E-state index contributed by atoms with van der Waals surface area (Å²) in [5, 5.41) is 30.2. The van der Waals surface area contributed by atoms with Gasteiger partial charge >= 0.3 is 5.88 Å². The van der Waals surface area contributed by atoms with Crippen LogP contribution >= 0.6 is 0 Å². The summed E-state index contributed by atoms with van der Waals surface area (Å²) in [6, 6.07) is 9.83. The van der Waals surface area contributed by atoms with Gasteiger partial charge in [0.25, 0.3) is 5.69 Å². The van der Waals surface area contributed by atoms with Crippen molar-refractivity contribution in [3.8, 4) is 6.07 Å². The summed E-state index contributed by atoms with van der Waals surface area (Å²) in [6.45, 7) is 0. The van der Waals surface area contributed by atoms with E-state index in [0.717, 1.165) is 0 Å². The summed E-state index contributed by atoms with van der Waals surface area (Å²) in [5.41, 5.74) is 0.529. The number of non-ortho nitro benzene ring substituents is 1. The minimum Gasteiger partial charge on any atom is -0.401 e. The Morgan fingerprint density at radius 3 is 2.24 bits per heavy atom. The third-order valence-corrected chi connectivity index (χ3v) is 2.59. The summed E-state index contributed by atoms with van der Waals surface area (Å²) in [6.07, 6.45) is 1.33. The van der Waals surface area contributed by atoms with Crippen LogP contribution in [0.4, 0.5) is 11.6 Å². The Hall–Kier alpha value is -3.47. The highest BCUT2D eigenvalue weighted by Crippen LogP contribution is 2.23. The predicted molar refractivity (Wildman–Crippen MR) is 71.9 cm³/mol. The Balaban J connectivity index is 2.34. The van der Waals surface area contributed by atoms with Crippen molar-refractivity contribution in [3.05, 3.63) is 68.0 Å². The van der Waals surface area contributed by atoms with Crippen molar-refractivity contribution in [1.82, 2.24) is 0 Å². The normalized spacial score (nSPS) is 10.9. The number of rotatable bonds is 4. The number of nitro benzene ring substituents is 1. The Kier molecular flexibility index (Phi) is 3.76. The average Bonchev–Trinajstić information content (AvgIpc) is 2.93. The van der Waals surface area contributed by atoms with Crippen LogP contribution in [-0.4, -0.2) is 9.85 Å². The van der Waals surface area contributed by atoms with Crippen LogP contribution < -0.4 is 0 Å². The summed E-state index contributed by atoms with van der Waals surface area (Å²) < 4.78 is 4.93. The number of nitriles is 1. The van der Waals surface area contributed by atoms with Gasteiger partial charge in [-0.3, -0.25) is 20.2 Å². The van der Waals surface area contributed by atoms with Crippen LogP contribution in [0, 0.1) is 31.6 Å². The molecule has 1 heterocycles. The van der Waals surface area contributed by atoms with Crippen LogP contribution in [-0.2, 0) is 0 Å². The number of nitro groups is 2. The fraction of sp³-hybridized carbons (Fsp3) is 0. The van der Waals surface area contributed by atoms with E-state index in [2.05, 4.69) is 0 Å². The van der Waals surface area contributed by atoms with E-state index in [1.165, 1.54) is 42.5 Å². The largest absolute Gasteiger partial charge is 0.433 e. The predicted octanol–water partition coefficient (Wildman–Crippen LogP) is 3.16. The zero-order valence-electron chi connectivity index (χ0n) is 10.4. The van der Waals surface area contributed by atoms with E-state index in [1.54, 1.807) is 0 Å².